The molecule has 0 saturated heterocycles. The normalized spacial score (nSPS) is 15.9. The fraction of sp³-hybridized carbons (Fsp3) is 0.200. The fourth-order valence-electron chi connectivity index (χ4n) is 3.52. The third-order valence-electron chi connectivity index (χ3n) is 5.19. The molecular formula is C25H25N3O4S2. The Morgan fingerprint density at radius 2 is 1.82 bits per heavy atom. The van der Waals surface area contributed by atoms with Crippen LogP contribution in [0.3, 0.4) is 0 Å². The van der Waals surface area contributed by atoms with E-state index < -0.39 is 16.1 Å². The van der Waals surface area contributed by atoms with Gasteiger partial charge in [0, 0.05) is 11.3 Å². The number of aliphatic imine (C=N–C) groups is 1. The second-order valence-electron chi connectivity index (χ2n) is 7.81. The van der Waals surface area contributed by atoms with Crippen LogP contribution >= 0.6 is 11.8 Å². The Morgan fingerprint density at radius 3 is 2.56 bits per heavy atom. The molecule has 0 bridgehead atoms. The van der Waals surface area contributed by atoms with Gasteiger partial charge in [-0.05, 0) is 79.4 Å². The number of nitrogens with one attached hydrogen (secondary N) is 2. The number of hydrogen-bond acceptors (Lipinski definition) is 6. The lowest BCUT2D eigenvalue weighted by Crippen LogP contribution is -2.31. The quantitative estimate of drug-likeness (QED) is 0.477. The number of ether oxygens (including phenoxy) is 1. The van der Waals surface area contributed by atoms with Gasteiger partial charge in [0.25, 0.3) is 10.0 Å². The Kier molecular flexibility index (Phi) is 7.23. The van der Waals surface area contributed by atoms with Gasteiger partial charge < -0.3 is 10.1 Å². The van der Waals surface area contributed by atoms with E-state index in [1.54, 1.807) is 54.2 Å². The van der Waals surface area contributed by atoms with Crippen molar-refractivity contribution < 1.29 is 17.9 Å². The van der Waals surface area contributed by atoms with Crippen molar-refractivity contribution in [1.82, 2.24) is 4.72 Å². The van der Waals surface area contributed by atoms with Crippen molar-refractivity contribution in [2.24, 2.45) is 4.99 Å². The van der Waals surface area contributed by atoms with Crippen LogP contribution in [0, 0.1) is 6.92 Å². The molecule has 0 unspecified atom stereocenters. The first-order valence-corrected chi connectivity index (χ1v) is 13.6. The van der Waals surface area contributed by atoms with E-state index in [-0.39, 0.29) is 16.6 Å². The van der Waals surface area contributed by atoms with Crippen molar-refractivity contribution in [3.8, 4) is 11.5 Å². The largest absolute Gasteiger partial charge is 0.457 e. The minimum atomic E-state index is -3.67. The highest BCUT2D eigenvalue weighted by Gasteiger charge is 2.31. The lowest BCUT2D eigenvalue weighted by Gasteiger charge is -2.14. The molecule has 34 heavy (non-hydrogen) atoms. The summed E-state index contributed by atoms with van der Waals surface area (Å²) < 4.78 is 33.1. The van der Waals surface area contributed by atoms with Gasteiger partial charge in [-0.2, -0.15) is 11.8 Å². The Bertz CT molecular complexity index is 1320. The predicted octanol–water partition coefficient (Wildman–Crippen LogP) is 4.59. The van der Waals surface area contributed by atoms with Crippen LogP contribution in [0.1, 0.15) is 17.5 Å². The summed E-state index contributed by atoms with van der Waals surface area (Å²) in [5, 5.41) is 2.88. The van der Waals surface area contributed by atoms with Crippen molar-refractivity contribution >= 4 is 39.2 Å². The van der Waals surface area contributed by atoms with Gasteiger partial charge in [0.1, 0.15) is 23.4 Å². The monoisotopic (exact) mass is 495 g/mol. The van der Waals surface area contributed by atoms with Crippen molar-refractivity contribution in [2.45, 2.75) is 24.3 Å². The van der Waals surface area contributed by atoms with Crippen LogP contribution in [0.15, 0.2) is 82.7 Å². The van der Waals surface area contributed by atoms with Crippen molar-refractivity contribution in [3.05, 3.63) is 83.9 Å². The molecule has 1 aliphatic rings. The van der Waals surface area contributed by atoms with E-state index in [1.165, 1.54) is 6.07 Å². The zero-order valence-corrected chi connectivity index (χ0v) is 20.4. The van der Waals surface area contributed by atoms with Gasteiger partial charge in [0.15, 0.2) is 0 Å². The molecular weight excluding hydrogens is 470 g/mol. The van der Waals surface area contributed by atoms with E-state index in [1.807, 2.05) is 37.4 Å². The van der Waals surface area contributed by atoms with Crippen LogP contribution in [0.25, 0.3) is 0 Å². The van der Waals surface area contributed by atoms with Crippen molar-refractivity contribution in [1.29, 1.82) is 0 Å². The molecule has 176 valence electrons. The summed E-state index contributed by atoms with van der Waals surface area (Å²) in [5.41, 5.74) is 2.18. The van der Waals surface area contributed by atoms with Crippen molar-refractivity contribution in [3.63, 3.8) is 0 Å². The molecule has 0 aromatic heterocycles. The van der Waals surface area contributed by atoms with Crippen LogP contribution in [0.5, 0.6) is 11.5 Å². The first-order chi connectivity index (χ1) is 16.4. The first-order valence-electron chi connectivity index (χ1n) is 10.7. The summed E-state index contributed by atoms with van der Waals surface area (Å²) in [4.78, 5) is 17.7. The van der Waals surface area contributed by atoms with Gasteiger partial charge in [-0.1, -0.05) is 24.3 Å². The highest BCUT2D eigenvalue weighted by molar-refractivity contribution is 7.98. The number of carbonyl (C=O) groups is 1. The highest BCUT2D eigenvalue weighted by Crippen LogP contribution is 2.25. The van der Waals surface area contributed by atoms with Gasteiger partial charge in [0.05, 0.1) is 4.90 Å². The maximum atomic E-state index is 13.1. The zero-order chi connectivity index (χ0) is 24.1. The highest BCUT2D eigenvalue weighted by atomic mass is 32.2. The minimum Gasteiger partial charge on any atom is -0.457 e. The average Bonchev–Trinajstić information content (AvgIpc) is 3.08. The second kappa shape index (κ2) is 10.3. The number of hydrogen-bond donors (Lipinski definition) is 2. The average molecular weight is 496 g/mol. The number of carbonyl (C=O) groups excluding carboxylic acids is 1. The molecule has 0 spiro atoms. The molecule has 4 rings (SSSR count). The second-order valence-corrected chi connectivity index (χ2v) is 10.4. The van der Waals surface area contributed by atoms with E-state index in [4.69, 9.17) is 4.74 Å². The van der Waals surface area contributed by atoms with Crippen LogP contribution in [0.2, 0.25) is 0 Å². The van der Waals surface area contributed by atoms with E-state index in [0.29, 0.717) is 29.2 Å². The molecule has 1 atom stereocenters. The molecule has 2 N–H and O–H groups in total. The predicted molar refractivity (Wildman–Crippen MR) is 136 cm³/mol. The van der Waals surface area contributed by atoms with E-state index in [9.17, 15) is 13.2 Å². The van der Waals surface area contributed by atoms with Crippen molar-refractivity contribution in [2.75, 3.05) is 17.3 Å². The molecule has 0 aliphatic carbocycles. The lowest BCUT2D eigenvalue weighted by atomic mass is 10.1. The number of anilines is 1. The Morgan fingerprint density at radius 1 is 1.06 bits per heavy atom. The molecule has 3 aromatic rings. The van der Waals surface area contributed by atoms with Gasteiger partial charge in [-0.15, -0.1) is 0 Å². The number of thioether (sulfide) groups is 1. The summed E-state index contributed by atoms with van der Waals surface area (Å²) in [7, 11) is -3.67. The number of benzene rings is 3. The number of rotatable bonds is 8. The number of aryl methyl sites for hydroxylation is 1. The molecule has 1 aliphatic heterocycles. The van der Waals surface area contributed by atoms with E-state index in [2.05, 4.69) is 15.0 Å². The molecule has 1 amide bonds. The summed E-state index contributed by atoms with van der Waals surface area (Å²) in [5.74, 6) is 1.98. The molecule has 3 aromatic carbocycles. The van der Waals surface area contributed by atoms with Crippen LogP contribution < -0.4 is 14.8 Å². The molecule has 9 heteroatoms. The summed E-state index contributed by atoms with van der Waals surface area (Å²) in [6.45, 7) is 2.00. The third kappa shape index (κ3) is 5.60. The van der Waals surface area contributed by atoms with Crippen LogP contribution in [-0.4, -0.2) is 38.2 Å². The molecule has 1 heterocycles. The van der Waals surface area contributed by atoms with Gasteiger partial charge in [-0.25, -0.2) is 8.42 Å². The SMILES string of the molecule is CSCC[C@@H](N=C1NS(=O)(=O)c2ccccc21)C(=O)Nc1ccc(Oc2cccc(C)c2)cc1. The Balaban J connectivity index is 1.50. The van der Waals surface area contributed by atoms with E-state index in [0.717, 1.165) is 11.3 Å². The van der Waals surface area contributed by atoms with Gasteiger partial charge in [-0.3, -0.25) is 14.5 Å². The standard InChI is InChI=1S/C25H25N3O4S2/c1-17-6-5-7-20(16-17)32-19-12-10-18(11-13-19)26-25(29)22(14-15-33-2)27-24-21-8-3-4-9-23(21)34(30,31)28-24/h3-13,16,22H,14-15H2,1-2H3,(H,26,29)(H,27,28)/t22-/m1/s1. The van der Waals surface area contributed by atoms with E-state index >= 15 is 0 Å². The lowest BCUT2D eigenvalue weighted by molar-refractivity contribution is -0.117. The maximum Gasteiger partial charge on any atom is 0.263 e. The number of fused-ring (bicyclic) bond motifs is 1. The topological polar surface area (TPSA) is 96.9 Å². The first kappa shape index (κ1) is 23.8. The summed E-state index contributed by atoms with van der Waals surface area (Å²) in [6.07, 6.45) is 2.41. The van der Waals surface area contributed by atoms with Crippen LogP contribution in [-0.2, 0) is 14.8 Å². The molecule has 7 nitrogen and oxygen atoms in total. The Labute approximate surface area is 203 Å². The molecule has 0 fully saturated rings. The Hall–Kier alpha value is -3.30. The van der Waals surface area contributed by atoms with Gasteiger partial charge in [0.2, 0.25) is 5.91 Å². The molecule has 0 saturated carbocycles. The maximum absolute atomic E-state index is 13.1. The number of nitrogens with zero attached hydrogens (tertiary/aromatic N) is 1. The zero-order valence-electron chi connectivity index (χ0n) is 18.8. The van der Waals surface area contributed by atoms with Crippen LogP contribution in [0.4, 0.5) is 5.69 Å². The number of amides is 1. The molecule has 0 radical (unpaired) electrons. The number of sulfonamides is 1. The third-order valence-corrected chi connectivity index (χ3v) is 7.23. The van der Waals surface area contributed by atoms with Gasteiger partial charge >= 0.3 is 0 Å². The minimum absolute atomic E-state index is 0.168. The smallest absolute Gasteiger partial charge is 0.263 e. The number of amidine groups is 1. The summed E-state index contributed by atoms with van der Waals surface area (Å²) in [6, 6.07) is 20.7. The fourth-order valence-corrected chi connectivity index (χ4v) is 5.21. The summed E-state index contributed by atoms with van der Waals surface area (Å²) >= 11 is 1.60.